The summed E-state index contributed by atoms with van der Waals surface area (Å²) in [7, 11) is 0. The maximum Gasteiger partial charge on any atom is 0.0678 e. The van der Waals surface area contributed by atoms with Crippen molar-refractivity contribution in [1.82, 2.24) is 10.2 Å². The van der Waals surface area contributed by atoms with Gasteiger partial charge in [0.1, 0.15) is 0 Å². The van der Waals surface area contributed by atoms with E-state index >= 15 is 0 Å². The van der Waals surface area contributed by atoms with Gasteiger partial charge in [0.2, 0.25) is 0 Å². The highest BCUT2D eigenvalue weighted by Gasteiger charge is 2.32. The van der Waals surface area contributed by atoms with Crippen molar-refractivity contribution in [1.29, 1.82) is 0 Å². The Balaban J connectivity index is 2.02. The van der Waals surface area contributed by atoms with Gasteiger partial charge >= 0.3 is 0 Å². The average Bonchev–Trinajstić information content (AvgIpc) is 2.31. The molecule has 0 amide bonds. The molecule has 1 aliphatic carbocycles. The fourth-order valence-corrected chi connectivity index (χ4v) is 3.89. The summed E-state index contributed by atoms with van der Waals surface area (Å²) in [5.74, 6) is 0. The molecule has 0 aromatic heterocycles. The highest BCUT2D eigenvalue weighted by Crippen LogP contribution is 2.25. The van der Waals surface area contributed by atoms with Crippen LogP contribution in [0.2, 0.25) is 0 Å². The van der Waals surface area contributed by atoms with Crippen LogP contribution in [0, 0.1) is 0 Å². The molecule has 0 aromatic rings. The van der Waals surface area contributed by atoms with Crippen LogP contribution < -0.4 is 5.32 Å². The van der Waals surface area contributed by atoms with E-state index in [1.807, 2.05) is 0 Å². The molecule has 2 aliphatic rings. The molecule has 1 N–H and O–H groups in total. The zero-order valence-corrected chi connectivity index (χ0v) is 13.0. The molecule has 4 unspecified atom stereocenters. The van der Waals surface area contributed by atoms with E-state index in [9.17, 15) is 0 Å². The summed E-state index contributed by atoms with van der Waals surface area (Å²) in [5, 5.41) is 3.75. The minimum atomic E-state index is 0.386. The van der Waals surface area contributed by atoms with Crippen LogP contribution in [-0.4, -0.2) is 48.8 Å². The van der Waals surface area contributed by atoms with E-state index in [0.717, 1.165) is 19.6 Å². The monoisotopic (exact) mass is 268 g/mol. The summed E-state index contributed by atoms with van der Waals surface area (Å²) in [4.78, 5) is 2.71. The van der Waals surface area contributed by atoms with Crippen LogP contribution in [0.5, 0.6) is 0 Å². The molecule has 0 spiro atoms. The second-order valence-corrected chi connectivity index (χ2v) is 6.43. The summed E-state index contributed by atoms with van der Waals surface area (Å²) in [6.07, 6.45) is 9.11. The molecule has 112 valence electrons. The van der Waals surface area contributed by atoms with E-state index in [1.165, 1.54) is 38.5 Å². The molecule has 19 heavy (non-hydrogen) atoms. The molecule has 2 rings (SSSR count). The second kappa shape index (κ2) is 7.61. The zero-order valence-electron chi connectivity index (χ0n) is 13.0. The number of hydrogen-bond acceptors (Lipinski definition) is 3. The maximum atomic E-state index is 5.90. The van der Waals surface area contributed by atoms with Crippen molar-refractivity contribution in [3.05, 3.63) is 0 Å². The quantitative estimate of drug-likeness (QED) is 0.852. The number of ether oxygens (including phenoxy) is 1. The molecule has 1 saturated heterocycles. The first-order chi connectivity index (χ1) is 9.20. The lowest BCUT2D eigenvalue weighted by molar-refractivity contribution is -0.0862. The van der Waals surface area contributed by atoms with Crippen molar-refractivity contribution in [2.24, 2.45) is 0 Å². The predicted molar refractivity (Wildman–Crippen MR) is 80.5 cm³/mol. The van der Waals surface area contributed by atoms with Gasteiger partial charge in [-0.25, -0.2) is 0 Å². The Morgan fingerprint density at radius 1 is 1.00 bits per heavy atom. The van der Waals surface area contributed by atoms with Gasteiger partial charge in [-0.3, -0.25) is 4.90 Å². The Hall–Kier alpha value is -0.120. The lowest BCUT2D eigenvalue weighted by Crippen LogP contribution is -2.57. The Labute approximate surface area is 119 Å². The minimum Gasteiger partial charge on any atom is -0.373 e. The molecule has 1 aliphatic heterocycles. The Kier molecular flexibility index (Phi) is 6.11. The van der Waals surface area contributed by atoms with Crippen LogP contribution in [0.15, 0.2) is 0 Å². The second-order valence-electron chi connectivity index (χ2n) is 6.43. The lowest BCUT2D eigenvalue weighted by atomic mass is 9.90. The summed E-state index contributed by atoms with van der Waals surface area (Å²) in [6, 6.07) is 1.40. The van der Waals surface area contributed by atoms with Gasteiger partial charge in [-0.2, -0.15) is 0 Å². The van der Waals surface area contributed by atoms with E-state index < -0.39 is 0 Å². The summed E-state index contributed by atoms with van der Waals surface area (Å²) in [6.45, 7) is 9.98. The summed E-state index contributed by atoms with van der Waals surface area (Å²) >= 11 is 0. The fraction of sp³-hybridized carbons (Fsp3) is 1.00. The van der Waals surface area contributed by atoms with Crippen molar-refractivity contribution in [3.63, 3.8) is 0 Å². The molecule has 0 aromatic carbocycles. The fourth-order valence-electron chi connectivity index (χ4n) is 3.89. The van der Waals surface area contributed by atoms with Crippen molar-refractivity contribution in [3.8, 4) is 0 Å². The van der Waals surface area contributed by atoms with Gasteiger partial charge in [-0.05, 0) is 33.2 Å². The van der Waals surface area contributed by atoms with Crippen LogP contribution in [-0.2, 0) is 4.74 Å². The number of hydrogen-bond donors (Lipinski definition) is 1. The van der Waals surface area contributed by atoms with Gasteiger partial charge in [-0.15, -0.1) is 0 Å². The molecule has 3 nitrogen and oxygen atoms in total. The number of rotatable bonds is 3. The van der Waals surface area contributed by atoms with E-state index in [4.69, 9.17) is 4.74 Å². The molecular weight excluding hydrogens is 236 g/mol. The van der Waals surface area contributed by atoms with E-state index in [-0.39, 0.29) is 0 Å². The smallest absolute Gasteiger partial charge is 0.0678 e. The van der Waals surface area contributed by atoms with Crippen LogP contribution in [0.25, 0.3) is 0 Å². The number of nitrogens with zero attached hydrogens (tertiary/aromatic N) is 1. The third-order valence-electron chi connectivity index (χ3n) is 4.61. The Morgan fingerprint density at radius 3 is 2.26 bits per heavy atom. The van der Waals surface area contributed by atoms with Gasteiger partial charge in [0, 0.05) is 25.2 Å². The number of nitrogens with one attached hydrogen (secondary N) is 1. The predicted octanol–water partition coefficient (Wildman–Crippen LogP) is 2.80. The standard InChI is InChI=1S/C16H32N2O/c1-4-17-15-9-7-5-6-8-10-16(15)18-11-13(2)19-14(3)12-18/h13-17H,4-12H2,1-3H3. The van der Waals surface area contributed by atoms with Crippen LogP contribution in [0.1, 0.15) is 59.3 Å². The van der Waals surface area contributed by atoms with Crippen LogP contribution >= 0.6 is 0 Å². The molecular formula is C16H32N2O. The minimum absolute atomic E-state index is 0.386. The molecule has 1 heterocycles. The maximum absolute atomic E-state index is 5.90. The molecule has 0 bridgehead atoms. The van der Waals surface area contributed by atoms with Crippen molar-refractivity contribution < 1.29 is 4.74 Å². The van der Waals surface area contributed by atoms with E-state index in [2.05, 4.69) is 31.0 Å². The van der Waals surface area contributed by atoms with Crippen molar-refractivity contribution in [2.75, 3.05) is 19.6 Å². The highest BCUT2D eigenvalue weighted by atomic mass is 16.5. The number of morpholine rings is 1. The third-order valence-corrected chi connectivity index (χ3v) is 4.61. The molecule has 1 saturated carbocycles. The van der Waals surface area contributed by atoms with Gasteiger partial charge in [0.15, 0.2) is 0 Å². The normalized spacial score (nSPS) is 38.7. The van der Waals surface area contributed by atoms with E-state index in [1.54, 1.807) is 0 Å². The van der Waals surface area contributed by atoms with Crippen molar-refractivity contribution >= 4 is 0 Å². The molecule has 0 radical (unpaired) electrons. The first kappa shape index (κ1) is 15.3. The zero-order chi connectivity index (χ0) is 13.7. The van der Waals surface area contributed by atoms with Crippen LogP contribution in [0.3, 0.4) is 0 Å². The Morgan fingerprint density at radius 2 is 1.63 bits per heavy atom. The molecule has 2 fully saturated rings. The first-order valence-electron chi connectivity index (χ1n) is 8.33. The van der Waals surface area contributed by atoms with Gasteiger partial charge in [0.05, 0.1) is 12.2 Å². The largest absolute Gasteiger partial charge is 0.373 e. The third kappa shape index (κ3) is 4.44. The summed E-state index contributed by atoms with van der Waals surface area (Å²) < 4.78 is 5.90. The Bertz CT molecular complexity index is 249. The van der Waals surface area contributed by atoms with Gasteiger partial charge in [-0.1, -0.05) is 32.6 Å². The number of likely N-dealkylation sites (N-methyl/N-ethyl adjacent to an activating group) is 1. The van der Waals surface area contributed by atoms with Crippen LogP contribution in [0.4, 0.5) is 0 Å². The summed E-state index contributed by atoms with van der Waals surface area (Å²) in [5.41, 5.74) is 0. The van der Waals surface area contributed by atoms with Gasteiger partial charge < -0.3 is 10.1 Å². The average molecular weight is 268 g/mol. The first-order valence-corrected chi connectivity index (χ1v) is 8.33. The van der Waals surface area contributed by atoms with Crippen molar-refractivity contribution in [2.45, 2.75) is 83.6 Å². The SMILES string of the molecule is CCNC1CCCCCCC1N1CC(C)OC(C)C1. The topological polar surface area (TPSA) is 24.5 Å². The highest BCUT2D eigenvalue weighted by molar-refractivity contribution is 4.89. The molecule has 4 atom stereocenters. The van der Waals surface area contributed by atoms with E-state index in [0.29, 0.717) is 24.3 Å². The molecule has 3 heteroatoms. The van der Waals surface area contributed by atoms with Gasteiger partial charge in [0.25, 0.3) is 0 Å². The lowest BCUT2D eigenvalue weighted by Gasteiger charge is -2.44.